The number of carbonyl (C=O) groups is 1. The van der Waals surface area contributed by atoms with Gasteiger partial charge in [-0.1, -0.05) is 18.2 Å². The number of hydrogen-bond acceptors (Lipinski definition) is 8. The lowest BCUT2D eigenvalue weighted by atomic mass is 10.1. The van der Waals surface area contributed by atoms with Crippen LogP contribution in [0, 0.1) is 17.0 Å². The van der Waals surface area contributed by atoms with Crippen LogP contribution in [0.3, 0.4) is 0 Å². The molecule has 1 N–H and O–H groups in total. The molecule has 0 spiro atoms. The molecule has 0 aliphatic heterocycles. The van der Waals surface area contributed by atoms with Gasteiger partial charge in [-0.15, -0.1) is 0 Å². The number of rotatable bonds is 8. The summed E-state index contributed by atoms with van der Waals surface area (Å²) in [5.41, 5.74) is 3.60. The zero-order chi connectivity index (χ0) is 24.0. The summed E-state index contributed by atoms with van der Waals surface area (Å²) in [6.45, 7) is 1.87. The molecule has 0 aliphatic carbocycles. The molecule has 0 saturated heterocycles. The minimum Gasteiger partial charge on any atom is -0.496 e. The van der Waals surface area contributed by atoms with Crippen molar-refractivity contribution in [2.45, 2.75) is 11.8 Å². The molecule has 0 radical (unpaired) electrons. The van der Waals surface area contributed by atoms with Crippen molar-refractivity contribution >= 4 is 27.9 Å². The number of hydrazone groups is 1. The molecule has 10 nitrogen and oxygen atoms in total. The number of nitro groups is 1. The normalized spacial score (nSPS) is 11.2. The molecule has 3 rings (SSSR count). The number of nitrogens with zero attached hydrogens (tertiary/aromatic N) is 2. The monoisotopic (exact) mass is 469 g/mol. The summed E-state index contributed by atoms with van der Waals surface area (Å²) < 4.78 is 35.6. The maximum Gasteiger partial charge on any atom is 0.339 e. The highest BCUT2D eigenvalue weighted by molar-refractivity contribution is 7.87. The molecule has 0 atom stereocenters. The van der Waals surface area contributed by atoms with E-state index < -0.39 is 20.9 Å². The van der Waals surface area contributed by atoms with Crippen LogP contribution in [0.1, 0.15) is 21.5 Å². The Balaban J connectivity index is 1.77. The van der Waals surface area contributed by atoms with Crippen molar-refractivity contribution in [3.05, 3.63) is 93.5 Å². The summed E-state index contributed by atoms with van der Waals surface area (Å²) in [6.07, 6.45) is 1.24. The number of carbonyl (C=O) groups excluding carboxylic acids is 1. The Hall–Kier alpha value is -4.25. The summed E-state index contributed by atoms with van der Waals surface area (Å²) in [4.78, 5) is 22.3. The third-order valence-corrected chi connectivity index (χ3v) is 5.67. The number of para-hydroxylation sites is 1. The number of nitro benzene ring substituents is 1. The van der Waals surface area contributed by atoms with Crippen molar-refractivity contribution in [3.63, 3.8) is 0 Å². The van der Waals surface area contributed by atoms with Crippen LogP contribution < -0.4 is 14.3 Å². The van der Waals surface area contributed by atoms with Gasteiger partial charge >= 0.3 is 10.1 Å². The molecular formula is C22H19N3O7S. The van der Waals surface area contributed by atoms with Crippen molar-refractivity contribution in [2.24, 2.45) is 5.10 Å². The van der Waals surface area contributed by atoms with Gasteiger partial charge in [-0.25, -0.2) is 5.43 Å². The third-order valence-electron chi connectivity index (χ3n) is 4.43. The first kappa shape index (κ1) is 23.4. The lowest BCUT2D eigenvalue weighted by molar-refractivity contribution is -0.384. The van der Waals surface area contributed by atoms with Crippen molar-refractivity contribution in [1.29, 1.82) is 0 Å². The molecule has 3 aromatic rings. The maximum atomic E-state index is 12.6. The first-order valence-electron chi connectivity index (χ1n) is 9.47. The average Bonchev–Trinajstić information content (AvgIpc) is 2.79. The fraction of sp³-hybridized carbons (Fsp3) is 0.0909. The van der Waals surface area contributed by atoms with Gasteiger partial charge in [0.05, 0.1) is 23.8 Å². The topological polar surface area (TPSA) is 137 Å². The minimum atomic E-state index is -4.26. The van der Waals surface area contributed by atoms with E-state index >= 15 is 0 Å². The molecule has 0 aliphatic rings. The Morgan fingerprint density at radius 3 is 2.42 bits per heavy atom. The zero-order valence-electron chi connectivity index (χ0n) is 17.6. The number of aryl methyl sites for hydroxylation is 1. The average molecular weight is 469 g/mol. The molecule has 33 heavy (non-hydrogen) atoms. The van der Waals surface area contributed by atoms with Gasteiger partial charge < -0.3 is 8.92 Å². The van der Waals surface area contributed by atoms with E-state index in [-0.39, 0.29) is 27.5 Å². The van der Waals surface area contributed by atoms with Crippen LogP contribution in [-0.2, 0) is 10.1 Å². The second kappa shape index (κ2) is 9.92. The van der Waals surface area contributed by atoms with Gasteiger partial charge in [-0.05, 0) is 48.9 Å². The van der Waals surface area contributed by atoms with E-state index in [1.807, 2.05) is 6.92 Å². The van der Waals surface area contributed by atoms with Crippen LogP contribution in [0.4, 0.5) is 5.69 Å². The SMILES string of the molecule is COc1cc(C)ccc1C(=O)N/N=C\c1ccccc1OS(=O)(=O)c1ccc([N+](=O)[O-])cc1. The Labute approximate surface area is 189 Å². The Bertz CT molecular complexity index is 1320. The van der Waals surface area contributed by atoms with Gasteiger partial charge in [0.2, 0.25) is 0 Å². The number of methoxy groups -OCH3 is 1. The van der Waals surface area contributed by atoms with E-state index in [1.165, 1.54) is 19.4 Å². The van der Waals surface area contributed by atoms with Crippen molar-refractivity contribution < 1.29 is 27.1 Å². The fourth-order valence-corrected chi connectivity index (χ4v) is 3.72. The summed E-state index contributed by atoms with van der Waals surface area (Å²) in [7, 11) is -2.81. The van der Waals surface area contributed by atoms with Crippen LogP contribution in [0.15, 0.2) is 76.7 Å². The van der Waals surface area contributed by atoms with E-state index in [0.29, 0.717) is 5.75 Å². The quantitative estimate of drug-likeness (QED) is 0.231. The number of hydrogen-bond donors (Lipinski definition) is 1. The highest BCUT2D eigenvalue weighted by atomic mass is 32.2. The van der Waals surface area contributed by atoms with E-state index in [4.69, 9.17) is 8.92 Å². The standard InChI is InChI=1S/C22H19N3O7S/c1-15-7-12-19(21(13-15)31-2)22(26)24-23-14-16-5-3-4-6-20(16)32-33(29,30)18-10-8-17(9-11-18)25(27)28/h3-14H,1-2H3,(H,24,26)/b23-14-. The molecule has 1 amide bonds. The molecule has 0 heterocycles. The van der Waals surface area contributed by atoms with Crippen LogP contribution in [-0.4, -0.2) is 32.6 Å². The molecule has 11 heteroatoms. The second-order valence-corrected chi connectivity index (χ2v) is 8.28. The molecule has 3 aromatic carbocycles. The highest BCUT2D eigenvalue weighted by Gasteiger charge is 2.19. The van der Waals surface area contributed by atoms with Gasteiger partial charge in [-0.3, -0.25) is 14.9 Å². The summed E-state index contributed by atoms with van der Waals surface area (Å²) in [5, 5.41) is 14.6. The number of nitrogens with one attached hydrogen (secondary N) is 1. The van der Waals surface area contributed by atoms with Crippen molar-refractivity contribution in [2.75, 3.05) is 7.11 Å². The predicted molar refractivity (Wildman–Crippen MR) is 120 cm³/mol. The van der Waals surface area contributed by atoms with Crippen molar-refractivity contribution in [1.82, 2.24) is 5.43 Å². The first-order chi connectivity index (χ1) is 15.7. The highest BCUT2D eigenvalue weighted by Crippen LogP contribution is 2.24. The van der Waals surface area contributed by atoms with Crippen LogP contribution in [0.5, 0.6) is 11.5 Å². The summed E-state index contributed by atoms with van der Waals surface area (Å²) >= 11 is 0. The molecule has 0 bridgehead atoms. The first-order valence-corrected chi connectivity index (χ1v) is 10.9. The lowest BCUT2D eigenvalue weighted by Gasteiger charge is -2.09. The predicted octanol–water partition coefficient (Wildman–Crippen LogP) is 3.44. The maximum absolute atomic E-state index is 12.6. The zero-order valence-corrected chi connectivity index (χ0v) is 18.4. The van der Waals surface area contributed by atoms with Gasteiger partial charge in [0, 0.05) is 17.7 Å². The second-order valence-electron chi connectivity index (χ2n) is 6.73. The molecule has 0 aromatic heterocycles. The number of amides is 1. The van der Waals surface area contributed by atoms with Gasteiger partial charge in [-0.2, -0.15) is 13.5 Å². The Morgan fingerprint density at radius 1 is 1.06 bits per heavy atom. The third kappa shape index (κ3) is 5.71. The minimum absolute atomic E-state index is 0.0400. The summed E-state index contributed by atoms with van der Waals surface area (Å²) in [6, 6.07) is 15.5. The number of ether oxygens (including phenoxy) is 1. The van der Waals surface area contributed by atoms with Crippen LogP contribution >= 0.6 is 0 Å². The van der Waals surface area contributed by atoms with E-state index in [2.05, 4.69) is 10.5 Å². The molecule has 0 unspecified atom stereocenters. The van der Waals surface area contributed by atoms with E-state index in [9.17, 15) is 23.3 Å². The van der Waals surface area contributed by atoms with E-state index in [0.717, 1.165) is 29.8 Å². The van der Waals surface area contributed by atoms with Gasteiger partial charge in [0.1, 0.15) is 10.6 Å². The smallest absolute Gasteiger partial charge is 0.339 e. The van der Waals surface area contributed by atoms with Gasteiger partial charge in [0.25, 0.3) is 11.6 Å². The van der Waals surface area contributed by atoms with Crippen molar-refractivity contribution in [3.8, 4) is 11.5 Å². The van der Waals surface area contributed by atoms with E-state index in [1.54, 1.807) is 36.4 Å². The van der Waals surface area contributed by atoms with Crippen LogP contribution in [0.25, 0.3) is 0 Å². The fourth-order valence-electron chi connectivity index (χ4n) is 2.77. The van der Waals surface area contributed by atoms with Crippen LogP contribution in [0.2, 0.25) is 0 Å². The van der Waals surface area contributed by atoms with Gasteiger partial charge in [0.15, 0.2) is 5.75 Å². The number of benzene rings is 3. The molecular weight excluding hydrogens is 450 g/mol. The lowest BCUT2D eigenvalue weighted by Crippen LogP contribution is -2.18. The Kier molecular flexibility index (Phi) is 7.04. The summed E-state index contributed by atoms with van der Waals surface area (Å²) in [5.74, 6) is -0.164. The molecule has 170 valence electrons. The molecule has 0 fully saturated rings. The number of non-ortho nitro benzene ring substituents is 1. The Morgan fingerprint density at radius 2 is 1.76 bits per heavy atom. The largest absolute Gasteiger partial charge is 0.496 e. The molecule has 0 saturated carbocycles.